The Morgan fingerprint density at radius 2 is 2.19 bits per heavy atom. The molecule has 1 aliphatic carbocycles. The van der Waals surface area contributed by atoms with Crippen LogP contribution in [0.5, 0.6) is 5.75 Å². The van der Waals surface area contributed by atoms with Gasteiger partial charge in [-0.15, -0.1) is 0 Å². The lowest BCUT2D eigenvalue weighted by atomic mass is 9.81. The smallest absolute Gasteiger partial charge is 0.121 e. The fraction of sp³-hybridized carbons (Fsp3) is 0.538. The lowest BCUT2D eigenvalue weighted by molar-refractivity contribution is 0.280. The highest BCUT2D eigenvalue weighted by Crippen LogP contribution is 2.27. The molecule has 1 aliphatic rings. The summed E-state index contributed by atoms with van der Waals surface area (Å²) in [7, 11) is 1.70. The summed E-state index contributed by atoms with van der Waals surface area (Å²) in [6, 6.07) is 6.62. The van der Waals surface area contributed by atoms with E-state index in [1.807, 2.05) is 6.07 Å². The van der Waals surface area contributed by atoms with Crippen molar-refractivity contribution in [2.45, 2.75) is 25.8 Å². The van der Waals surface area contributed by atoms with E-state index in [1.165, 1.54) is 5.69 Å². The molecule has 0 spiro atoms. The van der Waals surface area contributed by atoms with Crippen molar-refractivity contribution in [3.63, 3.8) is 0 Å². The van der Waals surface area contributed by atoms with Crippen LogP contribution in [0.2, 0.25) is 0 Å². The van der Waals surface area contributed by atoms with Gasteiger partial charge in [0.2, 0.25) is 0 Å². The van der Waals surface area contributed by atoms with Gasteiger partial charge in [0.15, 0.2) is 0 Å². The van der Waals surface area contributed by atoms with Crippen LogP contribution in [0.3, 0.4) is 0 Å². The second-order valence-corrected chi connectivity index (χ2v) is 4.66. The summed E-state index contributed by atoms with van der Waals surface area (Å²) in [5, 5.41) is 3.45. The molecule has 1 aromatic carbocycles. The first-order chi connectivity index (χ1) is 7.69. The summed E-state index contributed by atoms with van der Waals surface area (Å²) in [6.45, 7) is 3.09. The molecule has 0 aliphatic heterocycles. The summed E-state index contributed by atoms with van der Waals surface area (Å²) < 4.78 is 5.23. The van der Waals surface area contributed by atoms with Gasteiger partial charge in [-0.1, -0.05) is 0 Å². The zero-order chi connectivity index (χ0) is 11.5. The van der Waals surface area contributed by atoms with Gasteiger partial charge in [0, 0.05) is 18.3 Å². The Bertz CT molecular complexity index is 359. The van der Waals surface area contributed by atoms with E-state index >= 15 is 0 Å². The molecular weight excluding hydrogens is 200 g/mol. The van der Waals surface area contributed by atoms with Crippen molar-refractivity contribution in [2.24, 2.45) is 11.7 Å². The van der Waals surface area contributed by atoms with E-state index in [4.69, 9.17) is 10.5 Å². The quantitative estimate of drug-likeness (QED) is 0.817. The van der Waals surface area contributed by atoms with Gasteiger partial charge in [0.1, 0.15) is 5.75 Å². The Kier molecular flexibility index (Phi) is 3.34. The van der Waals surface area contributed by atoms with Crippen LogP contribution in [0, 0.1) is 12.8 Å². The summed E-state index contributed by atoms with van der Waals surface area (Å²) in [6.07, 6.45) is 2.31. The first kappa shape index (κ1) is 11.3. The highest BCUT2D eigenvalue weighted by Gasteiger charge is 2.25. The molecule has 1 saturated carbocycles. The number of aryl methyl sites for hydroxylation is 1. The molecule has 0 radical (unpaired) electrons. The number of nitrogens with two attached hydrogens (primary N) is 1. The van der Waals surface area contributed by atoms with Crippen molar-refractivity contribution in [1.29, 1.82) is 0 Å². The zero-order valence-electron chi connectivity index (χ0n) is 9.99. The molecule has 16 heavy (non-hydrogen) atoms. The van der Waals surface area contributed by atoms with Crippen molar-refractivity contribution >= 4 is 5.69 Å². The molecule has 3 N–H and O–H groups in total. The number of hydrogen-bond donors (Lipinski definition) is 2. The predicted molar refractivity (Wildman–Crippen MR) is 66.9 cm³/mol. The summed E-state index contributed by atoms with van der Waals surface area (Å²) in [5.74, 6) is 1.69. The molecule has 0 saturated heterocycles. The maximum atomic E-state index is 5.76. The van der Waals surface area contributed by atoms with Gasteiger partial charge in [0.25, 0.3) is 0 Å². The second-order valence-electron chi connectivity index (χ2n) is 4.66. The molecule has 3 heteroatoms. The normalized spacial score (nSPS) is 23.7. The maximum Gasteiger partial charge on any atom is 0.121 e. The highest BCUT2D eigenvalue weighted by atomic mass is 16.5. The zero-order valence-corrected chi connectivity index (χ0v) is 9.99. The standard InChI is InChI=1S/C13H20N2O/c1-9-5-12(3-4-13(9)16-2)15-8-10-6-11(14)7-10/h3-5,10-11,15H,6-8,14H2,1-2H3. The van der Waals surface area contributed by atoms with E-state index in [9.17, 15) is 0 Å². The van der Waals surface area contributed by atoms with Crippen LogP contribution in [0.25, 0.3) is 0 Å². The third-order valence-electron chi connectivity index (χ3n) is 3.26. The highest BCUT2D eigenvalue weighted by molar-refractivity contribution is 5.50. The van der Waals surface area contributed by atoms with Gasteiger partial charge in [-0.3, -0.25) is 0 Å². The molecule has 1 fully saturated rings. The SMILES string of the molecule is COc1ccc(NCC2CC(N)C2)cc1C. The Balaban J connectivity index is 1.87. The first-order valence-electron chi connectivity index (χ1n) is 5.83. The molecule has 0 atom stereocenters. The maximum absolute atomic E-state index is 5.76. The van der Waals surface area contributed by atoms with Crippen molar-refractivity contribution in [3.8, 4) is 5.75 Å². The van der Waals surface area contributed by atoms with E-state index in [-0.39, 0.29) is 0 Å². The van der Waals surface area contributed by atoms with Gasteiger partial charge in [0.05, 0.1) is 7.11 Å². The van der Waals surface area contributed by atoms with Gasteiger partial charge < -0.3 is 15.8 Å². The Morgan fingerprint density at radius 1 is 1.44 bits per heavy atom. The summed E-state index contributed by atoms with van der Waals surface area (Å²) in [5.41, 5.74) is 8.09. The first-order valence-corrected chi connectivity index (χ1v) is 5.83. The Hall–Kier alpha value is -1.22. The fourth-order valence-corrected chi connectivity index (χ4v) is 2.20. The van der Waals surface area contributed by atoms with E-state index < -0.39 is 0 Å². The van der Waals surface area contributed by atoms with E-state index in [2.05, 4.69) is 24.4 Å². The number of anilines is 1. The lowest BCUT2D eigenvalue weighted by Gasteiger charge is -2.32. The minimum atomic E-state index is 0.435. The number of ether oxygens (including phenoxy) is 1. The molecule has 0 heterocycles. The largest absolute Gasteiger partial charge is 0.496 e. The number of rotatable bonds is 4. The third kappa shape index (κ3) is 2.47. The van der Waals surface area contributed by atoms with Crippen LogP contribution in [0.1, 0.15) is 18.4 Å². The molecule has 0 aromatic heterocycles. The third-order valence-corrected chi connectivity index (χ3v) is 3.26. The van der Waals surface area contributed by atoms with Gasteiger partial charge in [-0.2, -0.15) is 0 Å². The Morgan fingerprint density at radius 3 is 2.75 bits per heavy atom. The number of benzene rings is 1. The van der Waals surface area contributed by atoms with E-state index in [1.54, 1.807) is 7.11 Å². The lowest BCUT2D eigenvalue weighted by Crippen LogP contribution is -2.39. The number of hydrogen-bond acceptors (Lipinski definition) is 3. The monoisotopic (exact) mass is 220 g/mol. The molecule has 3 nitrogen and oxygen atoms in total. The average molecular weight is 220 g/mol. The van der Waals surface area contributed by atoms with Crippen LogP contribution in [0.15, 0.2) is 18.2 Å². The van der Waals surface area contributed by atoms with Gasteiger partial charge in [-0.05, 0) is 49.4 Å². The molecule has 0 bridgehead atoms. The molecule has 0 unspecified atom stereocenters. The second kappa shape index (κ2) is 4.74. The minimum Gasteiger partial charge on any atom is -0.496 e. The fourth-order valence-electron chi connectivity index (χ4n) is 2.20. The van der Waals surface area contributed by atoms with Gasteiger partial charge >= 0.3 is 0 Å². The van der Waals surface area contributed by atoms with Crippen molar-refractivity contribution in [2.75, 3.05) is 19.0 Å². The van der Waals surface area contributed by atoms with Crippen molar-refractivity contribution in [1.82, 2.24) is 0 Å². The van der Waals surface area contributed by atoms with Crippen LogP contribution in [-0.4, -0.2) is 19.7 Å². The number of nitrogens with one attached hydrogen (secondary N) is 1. The molecule has 88 valence electrons. The average Bonchev–Trinajstić information content (AvgIpc) is 2.23. The van der Waals surface area contributed by atoms with Crippen LogP contribution >= 0.6 is 0 Å². The molecular formula is C13H20N2O. The Labute approximate surface area is 97.0 Å². The molecule has 0 amide bonds. The van der Waals surface area contributed by atoms with Crippen LogP contribution in [-0.2, 0) is 0 Å². The minimum absolute atomic E-state index is 0.435. The summed E-state index contributed by atoms with van der Waals surface area (Å²) >= 11 is 0. The topological polar surface area (TPSA) is 47.3 Å². The van der Waals surface area contributed by atoms with Crippen molar-refractivity contribution in [3.05, 3.63) is 23.8 Å². The number of methoxy groups -OCH3 is 1. The van der Waals surface area contributed by atoms with Crippen LogP contribution < -0.4 is 15.8 Å². The summed E-state index contributed by atoms with van der Waals surface area (Å²) in [4.78, 5) is 0. The van der Waals surface area contributed by atoms with Crippen molar-refractivity contribution < 1.29 is 4.74 Å². The van der Waals surface area contributed by atoms with Crippen LogP contribution in [0.4, 0.5) is 5.69 Å². The molecule has 2 rings (SSSR count). The predicted octanol–water partition coefficient (Wildman–Crippen LogP) is 2.15. The molecule has 1 aromatic rings. The van der Waals surface area contributed by atoms with E-state index in [0.29, 0.717) is 6.04 Å². The van der Waals surface area contributed by atoms with E-state index in [0.717, 1.165) is 36.6 Å². The van der Waals surface area contributed by atoms with Gasteiger partial charge in [-0.25, -0.2) is 0 Å².